The Hall–Kier alpha value is -3.92. The van der Waals surface area contributed by atoms with Crippen LogP contribution in [0.2, 0.25) is 0 Å². The van der Waals surface area contributed by atoms with Crippen LogP contribution in [0.5, 0.6) is 5.75 Å². The predicted octanol–water partition coefficient (Wildman–Crippen LogP) is 6.05. The maximum atomic E-state index is 14.2. The maximum absolute atomic E-state index is 14.2. The summed E-state index contributed by atoms with van der Waals surface area (Å²) in [6.45, 7) is 0. The zero-order valence-electron chi connectivity index (χ0n) is 16.0. The number of pyridine rings is 1. The van der Waals surface area contributed by atoms with Crippen LogP contribution in [0.15, 0.2) is 91.3 Å². The average molecular weight is 393 g/mol. The molecule has 2 aromatic heterocycles. The maximum Gasteiger partial charge on any atom is 0.123 e. The Morgan fingerprint density at radius 3 is 2.57 bits per heavy atom. The second-order valence-electron chi connectivity index (χ2n) is 7.24. The summed E-state index contributed by atoms with van der Waals surface area (Å²) in [4.78, 5) is 7.52. The van der Waals surface area contributed by atoms with Crippen molar-refractivity contribution in [2.45, 2.75) is 5.92 Å². The summed E-state index contributed by atoms with van der Waals surface area (Å²) in [6, 6.07) is 27.0. The topological polar surface area (TPSA) is 48.9 Å². The Bertz CT molecular complexity index is 1290. The van der Waals surface area contributed by atoms with Gasteiger partial charge in [0, 0.05) is 29.2 Å². The van der Waals surface area contributed by atoms with Crippen molar-refractivity contribution in [2.24, 2.45) is 0 Å². The molecule has 0 amide bonds. The number of hydrogen-bond donors (Lipinski definition) is 2. The molecular weight excluding hydrogens is 375 g/mol. The van der Waals surface area contributed by atoms with Crippen LogP contribution >= 0.6 is 0 Å². The second kappa shape index (κ2) is 7.48. The quantitative estimate of drug-likeness (QED) is 0.390. The van der Waals surface area contributed by atoms with Gasteiger partial charge in [-0.15, -0.1) is 0 Å². The molecule has 145 valence electrons. The lowest BCUT2D eigenvalue weighted by atomic mass is 9.86. The standard InChI is InChI=1S/C26H18FN2O/c27-21-8-9-25(30)22(16-21)26(24-15-19-4-1-2-7-23(19)29-24)20-6-3-5-18(14-20)17-10-12-28-13-11-17/h1-2,4-16,26,29-30H/t26-/m1/s1. The summed E-state index contributed by atoms with van der Waals surface area (Å²) < 4.78 is 14.2. The zero-order valence-corrected chi connectivity index (χ0v) is 16.0. The highest BCUT2D eigenvalue weighted by Crippen LogP contribution is 2.39. The van der Waals surface area contributed by atoms with Gasteiger partial charge in [-0.3, -0.25) is 4.98 Å². The number of para-hydroxylation sites is 1. The van der Waals surface area contributed by atoms with Crippen LogP contribution in [0.1, 0.15) is 22.7 Å². The molecule has 0 saturated heterocycles. The molecule has 3 nitrogen and oxygen atoms in total. The molecule has 3 aromatic carbocycles. The second-order valence-corrected chi connectivity index (χ2v) is 7.24. The number of hydrogen-bond acceptors (Lipinski definition) is 2. The first-order valence-corrected chi connectivity index (χ1v) is 9.66. The molecule has 4 heteroatoms. The molecule has 0 saturated carbocycles. The molecule has 30 heavy (non-hydrogen) atoms. The molecule has 0 aliphatic rings. The Morgan fingerprint density at radius 2 is 1.73 bits per heavy atom. The van der Waals surface area contributed by atoms with Crippen molar-refractivity contribution in [3.63, 3.8) is 0 Å². The molecule has 5 aromatic rings. The van der Waals surface area contributed by atoms with Crippen LogP contribution in [0.4, 0.5) is 4.39 Å². The summed E-state index contributed by atoms with van der Waals surface area (Å²) in [7, 11) is 0. The molecule has 0 bridgehead atoms. The molecule has 5 rings (SSSR count). The fourth-order valence-electron chi connectivity index (χ4n) is 3.90. The van der Waals surface area contributed by atoms with E-state index in [1.54, 1.807) is 12.4 Å². The Labute approximate surface area is 173 Å². The Balaban J connectivity index is 1.71. The minimum atomic E-state index is -0.391. The van der Waals surface area contributed by atoms with E-state index >= 15 is 0 Å². The minimum Gasteiger partial charge on any atom is -0.508 e. The lowest BCUT2D eigenvalue weighted by Crippen LogP contribution is -2.05. The van der Waals surface area contributed by atoms with Crippen LogP contribution in [-0.4, -0.2) is 15.1 Å². The number of aromatic amines is 1. The van der Waals surface area contributed by atoms with Crippen molar-refractivity contribution in [2.75, 3.05) is 0 Å². The summed E-state index contributed by atoms with van der Waals surface area (Å²) in [5.41, 5.74) is 5.26. The first kappa shape index (κ1) is 18.1. The van der Waals surface area contributed by atoms with E-state index in [4.69, 9.17) is 0 Å². The molecule has 1 atom stereocenters. The van der Waals surface area contributed by atoms with Crippen molar-refractivity contribution in [1.29, 1.82) is 0 Å². The van der Waals surface area contributed by atoms with Gasteiger partial charge in [0.25, 0.3) is 0 Å². The summed E-state index contributed by atoms with van der Waals surface area (Å²) in [5, 5.41) is 11.6. The van der Waals surface area contributed by atoms with E-state index in [9.17, 15) is 9.50 Å². The molecule has 0 aliphatic heterocycles. The van der Waals surface area contributed by atoms with E-state index in [1.165, 1.54) is 18.2 Å². The molecule has 0 fully saturated rings. The van der Waals surface area contributed by atoms with Gasteiger partial charge in [-0.05, 0) is 76.7 Å². The van der Waals surface area contributed by atoms with Crippen molar-refractivity contribution >= 4 is 10.9 Å². The van der Waals surface area contributed by atoms with Crippen molar-refractivity contribution in [3.05, 3.63) is 120 Å². The van der Waals surface area contributed by atoms with Crippen LogP contribution in [0.3, 0.4) is 0 Å². The van der Waals surface area contributed by atoms with Gasteiger partial charge in [-0.1, -0.05) is 30.3 Å². The molecule has 0 spiro atoms. The largest absolute Gasteiger partial charge is 0.508 e. The van der Waals surface area contributed by atoms with Crippen molar-refractivity contribution < 1.29 is 9.50 Å². The van der Waals surface area contributed by atoms with Crippen LogP contribution in [-0.2, 0) is 0 Å². The first-order chi connectivity index (χ1) is 14.7. The van der Waals surface area contributed by atoms with Crippen molar-refractivity contribution in [3.8, 4) is 16.9 Å². The smallest absolute Gasteiger partial charge is 0.123 e. The lowest BCUT2D eigenvalue weighted by Gasteiger charge is -2.19. The summed E-state index contributed by atoms with van der Waals surface area (Å²) in [6.07, 6.45) is 3.49. The van der Waals surface area contributed by atoms with Gasteiger partial charge in [0.15, 0.2) is 0 Å². The molecule has 0 aliphatic carbocycles. The third-order valence-corrected chi connectivity index (χ3v) is 5.32. The highest BCUT2D eigenvalue weighted by molar-refractivity contribution is 5.81. The molecular formula is C26H18FN2O. The first-order valence-electron chi connectivity index (χ1n) is 9.66. The van der Waals surface area contributed by atoms with Gasteiger partial charge in [-0.25, -0.2) is 4.39 Å². The van der Waals surface area contributed by atoms with Crippen LogP contribution < -0.4 is 0 Å². The monoisotopic (exact) mass is 393 g/mol. The molecule has 2 N–H and O–H groups in total. The molecule has 0 unspecified atom stereocenters. The van der Waals surface area contributed by atoms with E-state index in [2.05, 4.69) is 16.0 Å². The summed E-state index contributed by atoms with van der Waals surface area (Å²) >= 11 is 0. The minimum absolute atomic E-state index is 0.0503. The van der Waals surface area contributed by atoms with Gasteiger partial charge >= 0.3 is 0 Å². The Morgan fingerprint density at radius 1 is 0.900 bits per heavy atom. The number of aromatic hydroxyl groups is 1. The van der Waals surface area contributed by atoms with Gasteiger partial charge < -0.3 is 10.1 Å². The molecule has 2 heterocycles. The average Bonchev–Trinajstić information content (AvgIpc) is 3.21. The number of halogens is 1. The third kappa shape index (κ3) is 3.33. The molecule has 1 radical (unpaired) electrons. The Kier molecular flexibility index (Phi) is 4.52. The van der Waals surface area contributed by atoms with Crippen molar-refractivity contribution in [1.82, 2.24) is 9.97 Å². The van der Waals surface area contributed by atoms with Gasteiger partial charge in [0.1, 0.15) is 11.6 Å². The van der Waals surface area contributed by atoms with E-state index in [0.717, 1.165) is 33.3 Å². The fourth-order valence-corrected chi connectivity index (χ4v) is 3.90. The number of benzene rings is 3. The number of phenols is 1. The van der Waals surface area contributed by atoms with E-state index < -0.39 is 5.82 Å². The zero-order chi connectivity index (χ0) is 20.5. The highest BCUT2D eigenvalue weighted by atomic mass is 19.1. The van der Waals surface area contributed by atoms with E-state index in [0.29, 0.717) is 5.56 Å². The van der Waals surface area contributed by atoms with Gasteiger partial charge in [-0.2, -0.15) is 0 Å². The number of rotatable bonds is 4. The van der Waals surface area contributed by atoms with Gasteiger partial charge in [0.05, 0.1) is 5.92 Å². The highest BCUT2D eigenvalue weighted by Gasteiger charge is 2.23. The number of nitrogens with zero attached hydrogens (tertiary/aromatic N) is 1. The third-order valence-electron chi connectivity index (χ3n) is 5.32. The number of phenolic OH excluding ortho intramolecular Hbond substituents is 1. The van der Waals surface area contributed by atoms with E-state index in [-0.39, 0.29) is 11.7 Å². The normalized spacial score (nSPS) is 12.2. The van der Waals surface area contributed by atoms with E-state index in [1.807, 2.05) is 60.7 Å². The predicted molar refractivity (Wildman–Crippen MR) is 116 cm³/mol. The number of H-pyrrole nitrogens is 1. The fraction of sp³-hybridized carbons (Fsp3) is 0.0385. The summed E-state index contributed by atoms with van der Waals surface area (Å²) in [5.74, 6) is -0.723. The SMILES string of the molecule is Oc1ccc(F)cc1[C@@H](c1c[c]cc(-c2ccncc2)c1)c1cc2ccccc2[nH]1. The number of fused-ring (bicyclic) bond motifs is 1. The van der Waals surface area contributed by atoms with Crippen LogP contribution in [0.25, 0.3) is 22.0 Å². The van der Waals surface area contributed by atoms with Gasteiger partial charge in [0.2, 0.25) is 0 Å². The number of aromatic nitrogens is 2. The lowest BCUT2D eigenvalue weighted by molar-refractivity contribution is 0.464. The van der Waals surface area contributed by atoms with Crippen LogP contribution in [0, 0.1) is 11.9 Å². The number of nitrogens with one attached hydrogen (secondary N) is 1.